The standard InChI is InChI=1S/C16H16N4S2/c21-15(13-5-1-3-7-17-13)19-9-11-20(12-10-19)16(22)14-6-2-4-8-18-14/h1-8H,9-12H2. The monoisotopic (exact) mass is 328 g/mol. The van der Waals surface area contributed by atoms with Crippen LogP contribution in [0.3, 0.4) is 0 Å². The molecule has 0 aliphatic carbocycles. The van der Waals surface area contributed by atoms with Crippen molar-refractivity contribution in [2.45, 2.75) is 0 Å². The van der Waals surface area contributed by atoms with Crippen molar-refractivity contribution < 1.29 is 0 Å². The Morgan fingerprint density at radius 1 is 0.727 bits per heavy atom. The predicted octanol–water partition coefficient (Wildman–Crippen LogP) is 2.15. The van der Waals surface area contributed by atoms with E-state index in [1.807, 2.05) is 36.4 Å². The Hall–Kier alpha value is -1.92. The van der Waals surface area contributed by atoms with Crippen molar-refractivity contribution in [1.29, 1.82) is 0 Å². The summed E-state index contributed by atoms with van der Waals surface area (Å²) in [6.45, 7) is 3.40. The summed E-state index contributed by atoms with van der Waals surface area (Å²) >= 11 is 11.1. The van der Waals surface area contributed by atoms with Gasteiger partial charge in [0.1, 0.15) is 9.98 Å². The lowest BCUT2D eigenvalue weighted by atomic mass is 10.2. The van der Waals surface area contributed by atoms with E-state index in [1.165, 1.54) is 0 Å². The quantitative estimate of drug-likeness (QED) is 0.786. The van der Waals surface area contributed by atoms with Crippen LogP contribution in [0.25, 0.3) is 0 Å². The highest BCUT2D eigenvalue weighted by molar-refractivity contribution is 7.80. The van der Waals surface area contributed by atoms with Gasteiger partial charge in [0.15, 0.2) is 0 Å². The Morgan fingerprint density at radius 3 is 1.45 bits per heavy atom. The molecule has 0 unspecified atom stereocenters. The highest BCUT2D eigenvalue weighted by Gasteiger charge is 2.22. The lowest BCUT2D eigenvalue weighted by Crippen LogP contribution is -2.50. The Labute approximate surface area is 140 Å². The lowest BCUT2D eigenvalue weighted by molar-refractivity contribution is 0.265. The van der Waals surface area contributed by atoms with E-state index in [1.54, 1.807) is 12.4 Å². The Balaban J connectivity index is 1.61. The molecular weight excluding hydrogens is 312 g/mol. The van der Waals surface area contributed by atoms with Gasteiger partial charge in [0, 0.05) is 38.6 Å². The minimum absolute atomic E-state index is 0.809. The van der Waals surface area contributed by atoms with Gasteiger partial charge < -0.3 is 9.80 Å². The molecule has 1 fully saturated rings. The second-order valence-electron chi connectivity index (χ2n) is 5.01. The summed E-state index contributed by atoms with van der Waals surface area (Å²) < 4.78 is 0. The van der Waals surface area contributed by atoms with E-state index in [2.05, 4.69) is 19.8 Å². The fourth-order valence-corrected chi connectivity index (χ4v) is 3.02. The third kappa shape index (κ3) is 3.28. The SMILES string of the molecule is S=C(c1ccccn1)N1CCN(C(=S)c2ccccn2)CC1. The van der Waals surface area contributed by atoms with Crippen LogP contribution >= 0.6 is 24.4 Å². The molecule has 1 saturated heterocycles. The number of hydrogen-bond acceptors (Lipinski definition) is 4. The summed E-state index contributed by atoms with van der Waals surface area (Å²) in [6, 6.07) is 11.6. The van der Waals surface area contributed by atoms with E-state index in [0.717, 1.165) is 47.5 Å². The largest absolute Gasteiger partial charge is 0.357 e. The Kier molecular flexibility index (Phi) is 4.70. The van der Waals surface area contributed by atoms with Gasteiger partial charge in [0.05, 0.1) is 11.4 Å². The van der Waals surface area contributed by atoms with E-state index in [-0.39, 0.29) is 0 Å². The van der Waals surface area contributed by atoms with Crippen LogP contribution in [-0.2, 0) is 0 Å². The van der Waals surface area contributed by atoms with E-state index < -0.39 is 0 Å². The van der Waals surface area contributed by atoms with E-state index >= 15 is 0 Å². The van der Waals surface area contributed by atoms with Crippen LogP contribution in [0.1, 0.15) is 11.4 Å². The van der Waals surface area contributed by atoms with Gasteiger partial charge in [-0.15, -0.1) is 0 Å². The molecule has 3 heterocycles. The highest BCUT2D eigenvalue weighted by Crippen LogP contribution is 2.11. The molecule has 0 radical (unpaired) electrons. The third-order valence-corrected chi connectivity index (χ3v) is 4.56. The van der Waals surface area contributed by atoms with Crippen LogP contribution in [0.15, 0.2) is 48.8 Å². The second-order valence-corrected chi connectivity index (χ2v) is 5.79. The first-order valence-corrected chi connectivity index (χ1v) is 7.98. The Bertz CT molecular complexity index is 593. The van der Waals surface area contributed by atoms with Gasteiger partial charge in [-0.3, -0.25) is 9.97 Å². The van der Waals surface area contributed by atoms with Gasteiger partial charge in [0.2, 0.25) is 0 Å². The number of nitrogens with zero attached hydrogens (tertiary/aromatic N) is 4. The van der Waals surface area contributed by atoms with Gasteiger partial charge in [-0.25, -0.2) is 0 Å². The Morgan fingerprint density at radius 2 is 1.14 bits per heavy atom. The van der Waals surface area contributed by atoms with Gasteiger partial charge in [0.25, 0.3) is 0 Å². The van der Waals surface area contributed by atoms with Crippen molar-refractivity contribution in [2.24, 2.45) is 0 Å². The average molecular weight is 328 g/mol. The minimum Gasteiger partial charge on any atom is -0.357 e. The molecule has 0 atom stereocenters. The molecule has 0 aromatic carbocycles. The average Bonchev–Trinajstić information content (AvgIpc) is 2.62. The predicted molar refractivity (Wildman–Crippen MR) is 95.0 cm³/mol. The molecule has 1 aliphatic heterocycles. The summed E-state index contributed by atoms with van der Waals surface area (Å²) in [4.78, 5) is 14.6. The summed E-state index contributed by atoms with van der Waals surface area (Å²) in [5.41, 5.74) is 1.72. The summed E-state index contributed by atoms with van der Waals surface area (Å²) in [5, 5.41) is 0. The molecule has 4 nitrogen and oxygen atoms in total. The molecule has 22 heavy (non-hydrogen) atoms. The molecule has 3 rings (SSSR count). The number of thiocarbonyl (C=S) groups is 2. The molecule has 0 bridgehead atoms. The second kappa shape index (κ2) is 6.89. The summed E-state index contributed by atoms with van der Waals surface area (Å²) in [5.74, 6) is 0. The van der Waals surface area contributed by atoms with Gasteiger partial charge in [-0.1, -0.05) is 36.6 Å². The number of pyridine rings is 2. The van der Waals surface area contributed by atoms with Crippen LogP contribution < -0.4 is 0 Å². The van der Waals surface area contributed by atoms with Gasteiger partial charge >= 0.3 is 0 Å². The smallest absolute Gasteiger partial charge is 0.128 e. The van der Waals surface area contributed by atoms with Crippen LogP contribution in [0.5, 0.6) is 0 Å². The molecule has 0 N–H and O–H groups in total. The maximum atomic E-state index is 5.54. The minimum atomic E-state index is 0.809. The van der Waals surface area contributed by atoms with Crippen molar-refractivity contribution in [1.82, 2.24) is 19.8 Å². The molecule has 0 spiro atoms. The first kappa shape index (κ1) is 15.0. The lowest BCUT2D eigenvalue weighted by Gasteiger charge is -2.37. The summed E-state index contributed by atoms with van der Waals surface area (Å²) in [7, 11) is 0. The third-order valence-electron chi connectivity index (χ3n) is 3.62. The van der Waals surface area contributed by atoms with Crippen LogP contribution in [-0.4, -0.2) is 55.9 Å². The zero-order valence-electron chi connectivity index (χ0n) is 12.1. The molecule has 6 heteroatoms. The first-order valence-electron chi connectivity index (χ1n) is 7.16. The van der Waals surface area contributed by atoms with E-state index in [4.69, 9.17) is 24.4 Å². The molecule has 1 aliphatic rings. The zero-order chi connectivity index (χ0) is 15.4. The zero-order valence-corrected chi connectivity index (χ0v) is 13.7. The first-order chi connectivity index (χ1) is 10.8. The van der Waals surface area contributed by atoms with Crippen LogP contribution in [0.2, 0.25) is 0 Å². The molecular formula is C16H16N4S2. The van der Waals surface area contributed by atoms with Crippen molar-refractivity contribution in [2.75, 3.05) is 26.2 Å². The molecule has 2 aromatic heterocycles. The van der Waals surface area contributed by atoms with Crippen LogP contribution in [0.4, 0.5) is 0 Å². The van der Waals surface area contributed by atoms with Crippen molar-refractivity contribution in [3.63, 3.8) is 0 Å². The van der Waals surface area contributed by atoms with Gasteiger partial charge in [-0.05, 0) is 24.3 Å². The molecule has 2 aromatic rings. The van der Waals surface area contributed by atoms with Crippen LogP contribution in [0, 0.1) is 0 Å². The summed E-state index contributed by atoms with van der Waals surface area (Å²) in [6.07, 6.45) is 3.54. The molecule has 112 valence electrons. The van der Waals surface area contributed by atoms with Crippen molar-refractivity contribution in [3.05, 3.63) is 60.2 Å². The van der Waals surface area contributed by atoms with E-state index in [0.29, 0.717) is 0 Å². The fraction of sp³-hybridized carbons (Fsp3) is 0.250. The molecule has 0 amide bonds. The number of hydrogen-bond donors (Lipinski definition) is 0. The number of rotatable bonds is 2. The maximum Gasteiger partial charge on any atom is 0.128 e. The van der Waals surface area contributed by atoms with Crippen molar-refractivity contribution in [3.8, 4) is 0 Å². The molecule has 0 saturated carbocycles. The van der Waals surface area contributed by atoms with Gasteiger partial charge in [-0.2, -0.15) is 0 Å². The maximum absolute atomic E-state index is 5.54. The highest BCUT2D eigenvalue weighted by atomic mass is 32.1. The van der Waals surface area contributed by atoms with E-state index in [9.17, 15) is 0 Å². The number of aromatic nitrogens is 2. The fourth-order valence-electron chi connectivity index (χ4n) is 2.42. The topological polar surface area (TPSA) is 32.3 Å². The van der Waals surface area contributed by atoms with Crippen molar-refractivity contribution >= 4 is 34.4 Å². The number of piperazine rings is 1. The normalized spacial score (nSPS) is 14.7.